The van der Waals surface area contributed by atoms with E-state index in [1.54, 1.807) is 0 Å². The first-order valence-corrected chi connectivity index (χ1v) is 4.00. The van der Waals surface area contributed by atoms with E-state index >= 15 is 0 Å². The molecule has 0 aromatic heterocycles. The topological polar surface area (TPSA) is 77.8 Å². The van der Waals surface area contributed by atoms with Gasteiger partial charge < -0.3 is 5.11 Å². The SMILES string of the molecule is CN(C)C(C)(O)S(=O)(=O)O. The van der Waals surface area contributed by atoms with Crippen LogP contribution in [0, 0.1) is 0 Å². The summed E-state index contributed by atoms with van der Waals surface area (Å²) < 4.78 is 29.1. The van der Waals surface area contributed by atoms with Crippen molar-refractivity contribution in [3.05, 3.63) is 0 Å². The Labute approximate surface area is 60.0 Å². The average molecular weight is 169 g/mol. The van der Waals surface area contributed by atoms with Crippen molar-refractivity contribution in [2.24, 2.45) is 0 Å². The van der Waals surface area contributed by atoms with E-state index in [4.69, 9.17) is 9.66 Å². The highest BCUT2D eigenvalue weighted by atomic mass is 32.2. The maximum Gasteiger partial charge on any atom is 0.309 e. The van der Waals surface area contributed by atoms with Crippen molar-refractivity contribution in [1.82, 2.24) is 4.90 Å². The number of nitrogens with zero attached hydrogens (tertiary/aromatic N) is 1. The summed E-state index contributed by atoms with van der Waals surface area (Å²) >= 11 is 0. The van der Waals surface area contributed by atoms with Gasteiger partial charge >= 0.3 is 10.1 Å². The van der Waals surface area contributed by atoms with E-state index in [2.05, 4.69) is 0 Å². The molecule has 0 saturated heterocycles. The van der Waals surface area contributed by atoms with Crippen LogP contribution >= 0.6 is 0 Å². The largest absolute Gasteiger partial charge is 0.361 e. The highest BCUT2D eigenvalue weighted by molar-refractivity contribution is 7.86. The lowest BCUT2D eigenvalue weighted by Crippen LogP contribution is -2.47. The Balaban J connectivity index is 4.76. The molecule has 62 valence electrons. The van der Waals surface area contributed by atoms with Crippen molar-refractivity contribution in [2.75, 3.05) is 14.1 Å². The van der Waals surface area contributed by atoms with E-state index in [-0.39, 0.29) is 0 Å². The summed E-state index contributed by atoms with van der Waals surface area (Å²) in [5.41, 5.74) is 0. The zero-order chi connectivity index (χ0) is 8.58. The van der Waals surface area contributed by atoms with Gasteiger partial charge in [-0.1, -0.05) is 0 Å². The van der Waals surface area contributed by atoms with Crippen LogP contribution in [0.15, 0.2) is 0 Å². The van der Waals surface area contributed by atoms with E-state index in [1.165, 1.54) is 14.1 Å². The fraction of sp³-hybridized carbons (Fsp3) is 1.00. The standard InChI is InChI=1S/C4H11NO4S/c1-4(6,5(2)3)10(7,8)9/h6H,1-3H3,(H,7,8,9). The summed E-state index contributed by atoms with van der Waals surface area (Å²) in [5, 5.41) is 6.81. The zero-order valence-corrected chi connectivity index (χ0v) is 6.88. The van der Waals surface area contributed by atoms with E-state index in [0.29, 0.717) is 0 Å². The Morgan fingerprint density at radius 1 is 1.40 bits per heavy atom. The minimum absolute atomic E-state index is 0.988. The molecule has 0 bridgehead atoms. The number of hydrogen-bond donors (Lipinski definition) is 2. The van der Waals surface area contributed by atoms with Crippen LogP contribution in [-0.2, 0) is 10.1 Å². The lowest BCUT2D eigenvalue weighted by atomic mass is 10.6. The van der Waals surface area contributed by atoms with Gasteiger partial charge in [0.05, 0.1) is 0 Å². The number of hydrogen-bond acceptors (Lipinski definition) is 4. The summed E-state index contributed by atoms with van der Waals surface area (Å²) in [6.45, 7) is 0.988. The molecule has 2 N–H and O–H groups in total. The second kappa shape index (κ2) is 2.46. The van der Waals surface area contributed by atoms with Crippen molar-refractivity contribution >= 4 is 10.1 Å². The van der Waals surface area contributed by atoms with Crippen LogP contribution in [0.2, 0.25) is 0 Å². The second-order valence-electron chi connectivity index (χ2n) is 2.30. The van der Waals surface area contributed by atoms with Crippen LogP contribution in [0.25, 0.3) is 0 Å². The predicted molar refractivity (Wildman–Crippen MR) is 35.9 cm³/mol. The fourth-order valence-electron chi connectivity index (χ4n) is 0.231. The van der Waals surface area contributed by atoms with Crippen LogP contribution < -0.4 is 0 Å². The molecule has 6 heteroatoms. The van der Waals surface area contributed by atoms with Crippen molar-refractivity contribution < 1.29 is 18.1 Å². The maximum atomic E-state index is 10.4. The quantitative estimate of drug-likeness (QED) is 0.414. The summed E-state index contributed by atoms with van der Waals surface area (Å²) in [5.74, 6) is 0. The lowest BCUT2D eigenvalue weighted by molar-refractivity contribution is 0.00427. The average Bonchev–Trinajstić information content (AvgIpc) is 1.62. The van der Waals surface area contributed by atoms with Gasteiger partial charge in [-0.25, -0.2) is 0 Å². The highest BCUT2D eigenvalue weighted by Crippen LogP contribution is 2.12. The Morgan fingerprint density at radius 2 is 1.70 bits per heavy atom. The third-order valence-electron chi connectivity index (χ3n) is 1.32. The molecule has 0 aromatic carbocycles. The Morgan fingerprint density at radius 3 is 1.70 bits per heavy atom. The van der Waals surface area contributed by atoms with Crippen LogP contribution in [0.1, 0.15) is 6.92 Å². The smallest absolute Gasteiger partial charge is 0.309 e. The molecule has 0 spiro atoms. The molecule has 0 rings (SSSR count). The molecule has 0 saturated carbocycles. The first-order valence-electron chi connectivity index (χ1n) is 2.56. The Hall–Kier alpha value is -0.170. The molecule has 1 unspecified atom stereocenters. The van der Waals surface area contributed by atoms with Gasteiger partial charge in [-0.3, -0.25) is 9.45 Å². The summed E-state index contributed by atoms with van der Waals surface area (Å²) in [6, 6.07) is 0. The van der Waals surface area contributed by atoms with E-state index < -0.39 is 15.2 Å². The number of rotatable bonds is 2. The molecule has 0 aromatic rings. The third-order valence-corrected chi connectivity index (χ3v) is 2.66. The molecule has 0 heterocycles. The summed E-state index contributed by atoms with van der Waals surface area (Å²) in [4.78, 5) is 0.988. The second-order valence-corrected chi connectivity index (χ2v) is 4.03. The maximum absolute atomic E-state index is 10.4. The van der Waals surface area contributed by atoms with Crippen molar-refractivity contribution in [3.8, 4) is 0 Å². The Bertz CT molecular complexity index is 205. The zero-order valence-electron chi connectivity index (χ0n) is 6.07. The molecule has 0 fully saturated rings. The minimum Gasteiger partial charge on any atom is -0.361 e. The molecule has 5 nitrogen and oxygen atoms in total. The summed E-state index contributed by atoms with van der Waals surface area (Å²) in [7, 11) is -1.74. The van der Waals surface area contributed by atoms with Crippen LogP contribution in [0.3, 0.4) is 0 Å². The van der Waals surface area contributed by atoms with Gasteiger partial charge in [0.1, 0.15) is 0 Å². The Kier molecular flexibility index (Phi) is 2.42. The van der Waals surface area contributed by atoms with Crippen molar-refractivity contribution in [1.29, 1.82) is 0 Å². The molecular formula is C4H11NO4S. The summed E-state index contributed by atoms with van der Waals surface area (Å²) in [6.07, 6.45) is 0. The molecule has 0 aliphatic heterocycles. The predicted octanol–water partition coefficient (Wildman–Crippen LogP) is -0.898. The first-order chi connectivity index (χ1) is 4.19. The van der Waals surface area contributed by atoms with Gasteiger partial charge in [-0.05, 0) is 21.0 Å². The fourth-order valence-corrected chi connectivity index (χ4v) is 0.692. The molecular weight excluding hydrogens is 158 g/mol. The normalized spacial score (nSPS) is 19.0. The van der Waals surface area contributed by atoms with Crippen LogP contribution in [-0.4, -0.2) is 42.1 Å². The molecule has 0 amide bonds. The van der Waals surface area contributed by atoms with Crippen LogP contribution in [0.4, 0.5) is 0 Å². The molecule has 1 atom stereocenters. The minimum atomic E-state index is -4.42. The molecule has 0 aliphatic rings. The van der Waals surface area contributed by atoms with Gasteiger partial charge in [0.15, 0.2) is 0 Å². The van der Waals surface area contributed by atoms with Gasteiger partial charge in [0, 0.05) is 0 Å². The van der Waals surface area contributed by atoms with Gasteiger partial charge in [0.25, 0.3) is 0 Å². The lowest BCUT2D eigenvalue weighted by Gasteiger charge is -2.26. The van der Waals surface area contributed by atoms with Crippen molar-refractivity contribution in [2.45, 2.75) is 12.0 Å². The number of aliphatic hydroxyl groups is 1. The van der Waals surface area contributed by atoms with E-state index in [9.17, 15) is 8.42 Å². The highest BCUT2D eigenvalue weighted by Gasteiger charge is 2.37. The van der Waals surface area contributed by atoms with E-state index in [1.807, 2.05) is 0 Å². The van der Waals surface area contributed by atoms with E-state index in [0.717, 1.165) is 11.8 Å². The van der Waals surface area contributed by atoms with Gasteiger partial charge in [-0.15, -0.1) is 0 Å². The van der Waals surface area contributed by atoms with Crippen molar-refractivity contribution in [3.63, 3.8) is 0 Å². The molecule has 10 heavy (non-hydrogen) atoms. The van der Waals surface area contributed by atoms with Crippen LogP contribution in [0.5, 0.6) is 0 Å². The first kappa shape index (κ1) is 9.83. The molecule has 0 radical (unpaired) electrons. The molecule has 0 aliphatic carbocycles. The monoisotopic (exact) mass is 169 g/mol. The third kappa shape index (κ3) is 1.66. The van der Waals surface area contributed by atoms with Gasteiger partial charge in [-0.2, -0.15) is 8.42 Å². The van der Waals surface area contributed by atoms with Gasteiger partial charge in [0.2, 0.25) is 5.06 Å².